The van der Waals surface area contributed by atoms with Crippen molar-refractivity contribution in [2.75, 3.05) is 20.3 Å². The monoisotopic (exact) mass is 253 g/mol. The summed E-state index contributed by atoms with van der Waals surface area (Å²) >= 11 is 0. The normalized spacial score (nSPS) is 36.1. The Kier molecular flexibility index (Phi) is 4.28. The van der Waals surface area contributed by atoms with Crippen LogP contribution in [-0.4, -0.2) is 54.1 Å². The molecule has 2 aliphatic rings. The van der Waals surface area contributed by atoms with Crippen LogP contribution >= 0.6 is 0 Å². The number of carbonyl (C=O) groups is 1. The molecule has 0 aromatic carbocycles. The van der Waals surface area contributed by atoms with E-state index >= 15 is 0 Å². The molecular weight excluding hydrogens is 226 g/mol. The lowest BCUT2D eigenvalue weighted by Crippen LogP contribution is -2.49. The van der Waals surface area contributed by atoms with Crippen molar-refractivity contribution in [3.05, 3.63) is 0 Å². The summed E-state index contributed by atoms with van der Waals surface area (Å²) in [4.78, 5) is 16.9. The van der Waals surface area contributed by atoms with Gasteiger partial charge in [-0.1, -0.05) is 20.3 Å². The Hall–Kier alpha value is -0.610. The second-order valence-corrected chi connectivity index (χ2v) is 6.04. The maximum absolute atomic E-state index is 12.4. The fourth-order valence-corrected chi connectivity index (χ4v) is 3.08. The Labute approximate surface area is 111 Å². The van der Waals surface area contributed by atoms with Gasteiger partial charge in [0.05, 0.1) is 12.7 Å². The van der Waals surface area contributed by atoms with Gasteiger partial charge >= 0.3 is 0 Å². The van der Waals surface area contributed by atoms with Gasteiger partial charge in [0.1, 0.15) is 0 Å². The number of likely N-dealkylation sites (tertiary alicyclic amines) is 1. The van der Waals surface area contributed by atoms with E-state index in [0.717, 1.165) is 32.5 Å². The lowest BCUT2D eigenvalue weighted by Gasteiger charge is -2.39. The highest BCUT2D eigenvalue weighted by molar-refractivity contribution is 5.84. The molecule has 2 heterocycles. The maximum atomic E-state index is 12.4. The summed E-state index contributed by atoms with van der Waals surface area (Å²) in [5.41, 5.74) is 0. The minimum absolute atomic E-state index is 0.0463. The van der Waals surface area contributed by atoms with Gasteiger partial charge in [-0.25, -0.2) is 0 Å². The van der Waals surface area contributed by atoms with E-state index < -0.39 is 0 Å². The summed E-state index contributed by atoms with van der Waals surface area (Å²) in [6.45, 7) is 8.42. The molecule has 4 unspecified atom stereocenters. The number of amides is 1. The molecule has 18 heavy (non-hydrogen) atoms. The third-order valence-electron chi connectivity index (χ3n) is 4.87. The van der Waals surface area contributed by atoms with Gasteiger partial charge in [0.25, 0.3) is 0 Å². The van der Waals surface area contributed by atoms with Crippen LogP contribution in [0.3, 0.4) is 0 Å². The van der Waals surface area contributed by atoms with E-state index in [1.165, 1.54) is 0 Å². The van der Waals surface area contributed by atoms with Gasteiger partial charge in [0.2, 0.25) is 5.91 Å². The molecule has 4 nitrogen and oxygen atoms in total. The molecule has 1 amide bonds. The molecular formula is C14H27N3O. The zero-order valence-corrected chi connectivity index (χ0v) is 12.1. The van der Waals surface area contributed by atoms with E-state index in [4.69, 9.17) is 0 Å². The van der Waals surface area contributed by atoms with Crippen molar-refractivity contribution in [3.8, 4) is 0 Å². The average Bonchev–Trinajstić information content (AvgIpc) is 2.74. The fraction of sp³-hybridized carbons (Fsp3) is 0.929. The number of hydrogen-bond acceptors (Lipinski definition) is 3. The third kappa shape index (κ3) is 2.54. The van der Waals surface area contributed by atoms with Crippen LogP contribution in [0, 0.1) is 5.92 Å². The van der Waals surface area contributed by atoms with Gasteiger partial charge in [-0.2, -0.15) is 0 Å². The average molecular weight is 253 g/mol. The summed E-state index contributed by atoms with van der Waals surface area (Å²) in [5.74, 6) is 0.761. The molecule has 2 fully saturated rings. The second-order valence-electron chi connectivity index (χ2n) is 6.04. The van der Waals surface area contributed by atoms with E-state index in [0.29, 0.717) is 23.9 Å². The highest BCUT2D eigenvalue weighted by Crippen LogP contribution is 2.24. The van der Waals surface area contributed by atoms with Crippen molar-refractivity contribution < 1.29 is 4.79 Å². The van der Waals surface area contributed by atoms with Crippen LogP contribution in [0.25, 0.3) is 0 Å². The first-order chi connectivity index (χ1) is 8.54. The Morgan fingerprint density at radius 3 is 2.83 bits per heavy atom. The predicted octanol–water partition coefficient (Wildman–Crippen LogP) is 1.27. The number of nitrogens with zero attached hydrogens (tertiary/aromatic N) is 2. The SMILES string of the molecule is CCC(C)C1NCN(C2CCN(C)C(C)C2)C1=O. The number of carbonyl (C=O) groups excluding carboxylic acids is 1. The lowest BCUT2D eigenvalue weighted by molar-refractivity contribution is -0.132. The molecule has 0 aromatic rings. The Bertz CT molecular complexity index is 307. The second kappa shape index (κ2) is 5.57. The summed E-state index contributed by atoms with van der Waals surface area (Å²) in [6, 6.07) is 1.06. The molecule has 104 valence electrons. The number of nitrogens with one attached hydrogen (secondary N) is 1. The van der Waals surface area contributed by atoms with Crippen LogP contribution < -0.4 is 5.32 Å². The lowest BCUT2D eigenvalue weighted by atomic mass is 9.95. The summed E-state index contributed by atoms with van der Waals surface area (Å²) in [6.07, 6.45) is 3.28. The quantitative estimate of drug-likeness (QED) is 0.823. The number of piperidine rings is 1. The van der Waals surface area contributed by atoms with Gasteiger partial charge in [0, 0.05) is 18.6 Å². The molecule has 2 rings (SSSR count). The minimum Gasteiger partial charge on any atom is -0.325 e. The maximum Gasteiger partial charge on any atom is 0.241 e. The van der Waals surface area contributed by atoms with Crippen LogP contribution in [0.1, 0.15) is 40.0 Å². The molecule has 0 aliphatic carbocycles. The van der Waals surface area contributed by atoms with Gasteiger partial charge in [-0.3, -0.25) is 10.1 Å². The molecule has 0 saturated carbocycles. The first kappa shape index (κ1) is 13.8. The minimum atomic E-state index is 0.0463. The van der Waals surface area contributed by atoms with Gasteiger partial charge < -0.3 is 9.80 Å². The fourth-order valence-electron chi connectivity index (χ4n) is 3.08. The molecule has 0 bridgehead atoms. The van der Waals surface area contributed by atoms with Crippen molar-refractivity contribution in [1.29, 1.82) is 0 Å². The van der Waals surface area contributed by atoms with Crippen LogP contribution in [-0.2, 0) is 4.79 Å². The zero-order valence-electron chi connectivity index (χ0n) is 12.1. The van der Waals surface area contributed by atoms with Crippen molar-refractivity contribution in [1.82, 2.24) is 15.1 Å². The molecule has 0 aromatic heterocycles. The topological polar surface area (TPSA) is 35.6 Å². The molecule has 0 radical (unpaired) electrons. The molecule has 4 heteroatoms. The van der Waals surface area contributed by atoms with Crippen LogP contribution in [0.15, 0.2) is 0 Å². The predicted molar refractivity (Wildman–Crippen MR) is 73.2 cm³/mol. The zero-order chi connectivity index (χ0) is 13.3. The molecule has 0 spiro atoms. The van der Waals surface area contributed by atoms with E-state index in [9.17, 15) is 4.79 Å². The van der Waals surface area contributed by atoms with Crippen molar-refractivity contribution >= 4 is 5.91 Å². The molecule has 4 atom stereocenters. The summed E-state index contributed by atoms with van der Waals surface area (Å²) < 4.78 is 0. The van der Waals surface area contributed by atoms with Gasteiger partial charge in [0.15, 0.2) is 0 Å². The Balaban J connectivity index is 1.97. The smallest absolute Gasteiger partial charge is 0.241 e. The van der Waals surface area contributed by atoms with E-state index in [2.05, 4.69) is 42.9 Å². The van der Waals surface area contributed by atoms with Crippen LogP contribution in [0.4, 0.5) is 0 Å². The number of hydrogen-bond donors (Lipinski definition) is 1. The first-order valence-electron chi connectivity index (χ1n) is 7.28. The number of rotatable bonds is 3. The highest BCUT2D eigenvalue weighted by Gasteiger charge is 2.39. The molecule has 2 aliphatic heterocycles. The third-order valence-corrected chi connectivity index (χ3v) is 4.87. The van der Waals surface area contributed by atoms with Crippen molar-refractivity contribution in [2.45, 2.75) is 58.2 Å². The first-order valence-corrected chi connectivity index (χ1v) is 7.28. The largest absolute Gasteiger partial charge is 0.325 e. The van der Waals surface area contributed by atoms with Gasteiger partial charge in [-0.15, -0.1) is 0 Å². The van der Waals surface area contributed by atoms with E-state index in [1.54, 1.807) is 0 Å². The van der Waals surface area contributed by atoms with Crippen LogP contribution in [0.2, 0.25) is 0 Å². The van der Waals surface area contributed by atoms with Crippen LogP contribution in [0.5, 0.6) is 0 Å². The highest BCUT2D eigenvalue weighted by atomic mass is 16.2. The Morgan fingerprint density at radius 1 is 1.50 bits per heavy atom. The van der Waals surface area contributed by atoms with Crippen molar-refractivity contribution in [3.63, 3.8) is 0 Å². The van der Waals surface area contributed by atoms with E-state index in [1.807, 2.05) is 0 Å². The molecule has 1 N–H and O–H groups in total. The standard InChI is InChI=1S/C14H27N3O/c1-5-10(2)13-14(18)17(9-15-13)12-6-7-16(4)11(3)8-12/h10-13,15H,5-9H2,1-4H3. The van der Waals surface area contributed by atoms with E-state index in [-0.39, 0.29) is 6.04 Å². The van der Waals surface area contributed by atoms with Gasteiger partial charge in [-0.05, 0) is 32.7 Å². The van der Waals surface area contributed by atoms with Crippen molar-refractivity contribution in [2.24, 2.45) is 5.92 Å². The summed E-state index contributed by atoms with van der Waals surface area (Å²) in [7, 11) is 2.17. The molecule has 2 saturated heterocycles. The summed E-state index contributed by atoms with van der Waals surface area (Å²) in [5, 5.41) is 3.39. The Morgan fingerprint density at radius 2 is 2.22 bits per heavy atom.